The van der Waals surface area contributed by atoms with Crippen LogP contribution in [0.4, 0.5) is 0 Å². The SMILES string of the molecule is Cc1[nH]c2ccc(C(=O)NCc3ccc(S(=O)(=O)N4CCOCC4)cc3)cc2c1C. The predicted molar refractivity (Wildman–Crippen MR) is 115 cm³/mol. The molecule has 3 aromatic rings. The molecule has 158 valence electrons. The number of fused-ring (bicyclic) bond motifs is 1. The van der Waals surface area contributed by atoms with Crippen LogP contribution in [0.5, 0.6) is 0 Å². The molecular weight excluding hydrogens is 402 g/mol. The number of aromatic nitrogens is 1. The van der Waals surface area contributed by atoms with Crippen molar-refractivity contribution in [2.45, 2.75) is 25.3 Å². The first kappa shape index (κ1) is 20.6. The number of morpholine rings is 1. The molecule has 30 heavy (non-hydrogen) atoms. The quantitative estimate of drug-likeness (QED) is 0.655. The van der Waals surface area contributed by atoms with Gasteiger partial charge >= 0.3 is 0 Å². The number of sulfonamides is 1. The summed E-state index contributed by atoms with van der Waals surface area (Å²) in [6, 6.07) is 12.2. The molecule has 0 bridgehead atoms. The topological polar surface area (TPSA) is 91.5 Å². The van der Waals surface area contributed by atoms with Crippen molar-refractivity contribution >= 4 is 26.8 Å². The van der Waals surface area contributed by atoms with E-state index in [1.807, 2.05) is 26.0 Å². The summed E-state index contributed by atoms with van der Waals surface area (Å²) in [5.41, 5.74) is 4.67. The summed E-state index contributed by atoms with van der Waals surface area (Å²) in [6.45, 7) is 5.92. The van der Waals surface area contributed by atoms with Gasteiger partial charge in [-0.05, 0) is 55.3 Å². The normalized spacial score (nSPS) is 15.4. The van der Waals surface area contributed by atoms with Crippen LogP contribution >= 0.6 is 0 Å². The Labute approximate surface area is 176 Å². The minimum Gasteiger partial charge on any atom is -0.379 e. The third-order valence-electron chi connectivity index (χ3n) is 5.55. The van der Waals surface area contributed by atoms with Crippen LogP contribution in [-0.2, 0) is 21.3 Å². The maximum atomic E-state index is 12.7. The van der Waals surface area contributed by atoms with Crippen molar-refractivity contribution in [3.63, 3.8) is 0 Å². The molecule has 1 amide bonds. The summed E-state index contributed by atoms with van der Waals surface area (Å²) in [5, 5.41) is 3.94. The Hall–Kier alpha value is -2.68. The van der Waals surface area contributed by atoms with Gasteiger partial charge in [-0.1, -0.05) is 12.1 Å². The van der Waals surface area contributed by atoms with Gasteiger partial charge in [0, 0.05) is 41.8 Å². The average molecular weight is 428 g/mol. The van der Waals surface area contributed by atoms with Crippen molar-refractivity contribution in [1.29, 1.82) is 0 Å². The summed E-state index contributed by atoms with van der Waals surface area (Å²) >= 11 is 0. The van der Waals surface area contributed by atoms with E-state index in [2.05, 4.69) is 10.3 Å². The van der Waals surface area contributed by atoms with Crippen LogP contribution in [-0.4, -0.2) is 49.9 Å². The summed E-state index contributed by atoms with van der Waals surface area (Å²) in [6.07, 6.45) is 0. The van der Waals surface area contributed by atoms with Gasteiger partial charge in [0.25, 0.3) is 5.91 Å². The number of nitrogens with zero attached hydrogens (tertiary/aromatic N) is 1. The van der Waals surface area contributed by atoms with Crippen molar-refractivity contribution in [3.8, 4) is 0 Å². The fraction of sp³-hybridized carbons (Fsp3) is 0.318. The highest BCUT2D eigenvalue weighted by atomic mass is 32.2. The molecule has 1 fully saturated rings. The molecule has 1 aromatic heterocycles. The fourth-order valence-electron chi connectivity index (χ4n) is 3.60. The zero-order valence-corrected chi connectivity index (χ0v) is 17.9. The molecule has 2 aromatic carbocycles. The lowest BCUT2D eigenvalue weighted by Gasteiger charge is -2.26. The lowest BCUT2D eigenvalue weighted by Crippen LogP contribution is -2.40. The Balaban J connectivity index is 1.42. The number of hydrogen-bond donors (Lipinski definition) is 2. The molecule has 1 saturated heterocycles. The van der Waals surface area contributed by atoms with Crippen LogP contribution < -0.4 is 5.32 Å². The second-order valence-corrected chi connectivity index (χ2v) is 9.42. The van der Waals surface area contributed by atoms with E-state index in [1.165, 1.54) is 4.31 Å². The Bertz CT molecular complexity index is 1180. The summed E-state index contributed by atoms with van der Waals surface area (Å²) in [7, 11) is -3.51. The van der Waals surface area contributed by atoms with E-state index in [9.17, 15) is 13.2 Å². The number of aromatic amines is 1. The Morgan fingerprint density at radius 1 is 1.10 bits per heavy atom. The third-order valence-corrected chi connectivity index (χ3v) is 7.47. The van der Waals surface area contributed by atoms with E-state index in [-0.39, 0.29) is 10.8 Å². The Morgan fingerprint density at radius 2 is 1.80 bits per heavy atom. The number of carbonyl (C=O) groups is 1. The van der Waals surface area contributed by atoms with Gasteiger partial charge in [-0.15, -0.1) is 0 Å². The summed E-state index contributed by atoms with van der Waals surface area (Å²) in [4.78, 5) is 16.1. The molecule has 7 nitrogen and oxygen atoms in total. The number of H-pyrrole nitrogens is 1. The number of aryl methyl sites for hydroxylation is 2. The first-order valence-corrected chi connectivity index (χ1v) is 11.3. The Morgan fingerprint density at radius 3 is 2.50 bits per heavy atom. The number of nitrogens with one attached hydrogen (secondary N) is 2. The van der Waals surface area contributed by atoms with Gasteiger partial charge in [0.1, 0.15) is 0 Å². The number of hydrogen-bond acceptors (Lipinski definition) is 4. The third kappa shape index (κ3) is 3.98. The largest absolute Gasteiger partial charge is 0.379 e. The van der Waals surface area contributed by atoms with Crippen LogP contribution in [0.15, 0.2) is 47.4 Å². The molecule has 2 heterocycles. The van der Waals surface area contributed by atoms with Crippen LogP contribution in [0, 0.1) is 13.8 Å². The number of ether oxygens (including phenoxy) is 1. The Kier molecular flexibility index (Phi) is 5.64. The van der Waals surface area contributed by atoms with Crippen molar-refractivity contribution in [1.82, 2.24) is 14.6 Å². The molecule has 0 atom stereocenters. The molecule has 1 aliphatic heterocycles. The average Bonchev–Trinajstić information content (AvgIpc) is 3.06. The second-order valence-electron chi connectivity index (χ2n) is 7.48. The summed E-state index contributed by atoms with van der Waals surface area (Å²) < 4.78 is 32.0. The monoisotopic (exact) mass is 427 g/mol. The van der Waals surface area contributed by atoms with Crippen LogP contribution in [0.2, 0.25) is 0 Å². The van der Waals surface area contributed by atoms with E-state index in [1.54, 1.807) is 30.3 Å². The number of benzene rings is 2. The number of amides is 1. The molecule has 8 heteroatoms. The predicted octanol–water partition coefficient (Wildman–Crippen LogP) is 2.74. The fourth-order valence-corrected chi connectivity index (χ4v) is 5.01. The highest BCUT2D eigenvalue weighted by Gasteiger charge is 2.26. The van der Waals surface area contributed by atoms with Crippen molar-refractivity contribution < 1.29 is 17.9 Å². The molecule has 0 aliphatic carbocycles. The van der Waals surface area contributed by atoms with Crippen molar-refractivity contribution in [2.75, 3.05) is 26.3 Å². The van der Waals surface area contributed by atoms with E-state index in [4.69, 9.17) is 4.74 Å². The zero-order valence-electron chi connectivity index (χ0n) is 17.1. The maximum Gasteiger partial charge on any atom is 0.251 e. The number of rotatable bonds is 5. The molecule has 0 spiro atoms. The van der Waals surface area contributed by atoms with Crippen LogP contribution in [0.1, 0.15) is 27.2 Å². The standard InChI is InChI=1S/C22H25N3O4S/c1-15-16(2)24-21-8-5-18(13-20(15)21)22(26)23-14-17-3-6-19(7-4-17)30(27,28)25-9-11-29-12-10-25/h3-8,13,24H,9-12,14H2,1-2H3,(H,23,26). The highest BCUT2D eigenvalue weighted by Crippen LogP contribution is 2.22. The van der Waals surface area contributed by atoms with Gasteiger partial charge in [-0.2, -0.15) is 4.31 Å². The van der Waals surface area contributed by atoms with Crippen molar-refractivity contribution in [2.24, 2.45) is 0 Å². The minimum absolute atomic E-state index is 0.167. The zero-order chi connectivity index (χ0) is 21.3. The molecule has 1 aliphatic rings. The first-order valence-electron chi connectivity index (χ1n) is 9.90. The lowest BCUT2D eigenvalue weighted by atomic mass is 10.1. The van der Waals surface area contributed by atoms with E-state index < -0.39 is 10.0 Å². The lowest BCUT2D eigenvalue weighted by molar-refractivity contribution is 0.0730. The van der Waals surface area contributed by atoms with E-state index in [0.717, 1.165) is 27.7 Å². The van der Waals surface area contributed by atoms with Gasteiger partial charge in [0.15, 0.2) is 0 Å². The smallest absolute Gasteiger partial charge is 0.251 e. The minimum atomic E-state index is -3.51. The summed E-state index contributed by atoms with van der Waals surface area (Å²) in [5.74, 6) is -0.167. The van der Waals surface area contributed by atoms with Gasteiger partial charge in [0.2, 0.25) is 10.0 Å². The number of carbonyl (C=O) groups excluding carboxylic acids is 1. The van der Waals surface area contributed by atoms with Crippen LogP contribution in [0.25, 0.3) is 10.9 Å². The second kappa shape index (κ2) is 8.22. The molecule has 4 rings (SSSR count). The molecular formula is C22H25N3O4S. The highest BCUT2D eigenvalue weighted by molar-refractivity contribution is 7.89. The van der Waals surface area contributed by atoms with E-state index in [0.29, 0.717) is 38.4 Å². The first-order chi connectivity index (χ1) is 14.4. The van der Waals surface area contributed by atoms with Crippen molar-refractivity contribution in [3.05, 3.63) is 64.8 Å². The van der Waals surface area contributed by atoms with Crippen LogP contribution in [0.3, 0.4) is 0 Å². The van der Waals surface area contributed by atoms with Gasteiger partial charge in [0.05, 0.1) is 18.1 Å². The maximum absolute atomic E-state index is 12.7. The van der Waals surface area contributed by atoms with E-state index >= 15 is 0 Å². The van der Waals surface area contributed by atoms with Gasteiger partial charge in [-0.25, -0.2) is 8.42 Å². The molecule has 0 unspecified atom stereocenters. The van der Waals surface area contributed by atoms with Gasteiger partial charge < -0.3 is 15.0 Å². The molecule has 0 radical (unpaired) electrons. The molecule has 2 N–H and O–H groups in total. The molecule has 0 saturated carbocycles. The van der Waals surface area contributed by atoms with Gasteiger partial charge in [-0.3, -0.25) is 4.79 Å².